The number of aromatic nitrogens is 3. The average Bonchev–Trinajstić information content (AvgIpc) is 3.25. The van der Waals surface area contributed by atoms with Gasteiger partial charge in [-0.3, -0.25) is 9.36 Å². The van der Waals surface area contributed by atoms with Gasteiger partial charge in [0, 0.05) is 4.88 Å². The molecule has 0 atom stereocenters. The molecule has 1 amide bonds. The van der Waals surface area contributed by atoms with Crippen LogP contribution in [0.25, 0.3) is 16.9 Å². The maximum absolute atomic E-state index is 12.0. The van der Waals surface area contributed by atoms with Crippen molar-refractivity contribution in [1.82, 2.24) is 14.5 Å². The molecule has 4 aromatic rings. The molecular weight excluding hydrogens is 320 g/mol. The van der Waals surface area contributed by atoms with E-state index in [0.29, 0.717) is 12.1 Å². The SMILES string of the molecule is O=C(Cc1cccs1)Nc1ccc(-n2cnc3ccccc32)nc1. The van der Waals surface area contributed by atoms with Gasteiger partial charge in [-0.05, 0) is 35.7 Å². The van der Waals surface area contributed by atoms with E-state index in [2.05, 4.69) is 15.3 Å². The van der Waals surface area contributed by atoms with Gasteiger partial charge in [-0.1, -0.05) is 18.2 Å². The number of amides is 1. The third-order valence-corrected chi connectivity index (χ3v) is 4.52. The number of fused-ring (bicyclic) bond motifs is 1. The number of carbonyl (C=O) groups excluding carboxylic acids is 1. The molecule has 0 saturated carbocycles. The lowest BCUT2D eigenvalue weighted by molar-refractivity contribution is -0.115. The number of carbonyl (C=O) groups is 1. The van der Waals surface area contributed by atoms with Gasteiger partial charge in [0.2, 0.25) is 5.91 Å². The summed E-state index contributed by atoms with van der Waals surface area (Å²) in [6.07, 6.45) is 3.80. The quantitative estimate of drug-likeness (QED) is 0.619. The molecule has 0 saturated heterocycles. The number of hydrogen-bond donors (Lipinski definition) is 1. The number of para-hydroxylation sites is 2. The Morgan fingerprint density at radius 2 is 2.00 bits per heavy atom. The van der Waals surface area contributed by atoms with Crippen molar-refractivity contribution >= 4 is 34.0 Å². The number of nitrogens with one attached hydrogen (secondary N) is 1. The Labute approximate surface area is 142 Å². The second-order valence-electron chi connectivity index (χ2n) is 5.31. The Hall–Kier alpha value is -2.99. The predicted molar refractivity (Wildman–Crippen MR) is 95.5 cm³/mol. The predicted octanol–water partition coefficient (Wildman–Crippen LogP) is 3.66. The summed E-state index contributed by atoms with van der Waals surface area (Å²) in [5, 5.41) is 4.84. The number of hydrogen-bond acceptors (Lipinski definition) is 4. The van der Waals surface area contributed by atoms with Crippen LogP contribution in [0.15, 0.2) is 66.4 Å². The topological polar surface area (TPSA) is 59.8 Å². The van der Waals surface area contributed by atoms with E-state index in [1.54, 1.807) is 23.9 Å². The zero-order valence-corrected chi connectivity index (χ0v) is 13.5. The zero-order valence-electron chi connectivity index (χ0n) is 12.7. The number of nitrogens with zero attached hydrogens (tertiary/aromatic N) is 3. The molecule has 0 fully saturated rings. The number of imidazole rings is 1. The van der Waals surface area contributed by atoms with Crippen molar-refractivity contribution < 1.29 is 4.79 Å². The highest BCUT2D eigenvalue weighted by Crippen LogP contribution is 2.18. The highest BCUT2D eigenvalue weighted by Gasteiger charge is 2.07. The smallest absolute Gasteiger partial charge is 0.229 e. The van der Waals surface area contributed by atoms with Crippen LogP contribution in [0.4, 0.5) is 5.69 Å². The van der Waals surface area contributed by atoms with E-state index in [1.807, 2.05) is 58.5 Å². The summed E-state index contributed by atoms with van der Waals surface area (Å²) in [7, 11) is 0. The lowest BCUT2D eigenvalue weighted by Gasteiger charge is -2.06. The monoisotopic (exact) mass is 334 g/mol. The molecule has 0 radical (unpaired) electrons. The van der Waals surface area contributed by atoms with Crippen LogP contribution in [0, 0.1) is 0 Å². The lowest BCUT2D eigenvalue weighted by atomic mass is 10.3. The first-order valence-corrected chi connectivity index (χ1v) is 8.38. The van der Waals surface area contributed by atoms with Crippen molar-refractivity contribution in [2.24, 2.45) is 0 Å². The van der Waals surface area contributed by atoms with Gasteiger partial charge in [0.25, 0.3) is 0 Å². The number of benzene rings is 1. The third-order valence-electron chi connectivity index (χ3n) is 3.65. The fourth-order valence-electron chi connectivity index (χ4n) is 2.52. The molecule has 3 aromatic heterocycles. The summed E-state index contributed by atoms with van der Waals surface area (Å²) >= 11 is 1.58. The Bertz CT molecular complexity index is 974. The number of thiophene rings is 1. The van der Waals surface area contributed by atoms with Gasteiger partial charge in [0.1, 0.15) is 12.1 Å². The molecule has 0 aliphatic heterocycles. The van der Waals surface area contributed by atoms with Gasteiger partial charge in [0.15, 0.2) is 0 Å². The maximum atomic E-state index is 12.0. The molecule has 6 heteroatoms. The Morgan fingerprint density at radius 1 is 1.08 bits per heavy atom. The van der Waals surface area contributed by atoms with Gasteiger partial charge in [0.05, 0.1) is 29.3 Å². The minimum absolute atomic E-state index is 0.0416. The maximum Gasteiger partial charge on any atom is 0.229 e. The van der Waals surface area contributed by atoms with Crippen molar-refractivity contribution in [2.45, 2.75) is 6.42 Å². The van der Waals surface area contributed by atoms with E-state index in [4.69, 9.17) is 0 Å². The van der Waals surface area contributed by atoms with Gasteiger partial charge < -0.3 is 5.32 Å². The summed E-state index contributed by atoms with van der Waals surface area (Å²) < 4.78 is 1.92. The fraction of sp³-hybridized carbons (Fsp3) is 0.0556. The molecule has 3 heterocycles. The first kappa shape index (κ1) is 14.6. The van der Waals surface area contributed by atoms with E-state index in [0.717, 1.165) is 21.7 Å². The number of pyridine rings is 1. The second-order valence-corrected chi connectivity index (χ2v) is 6.34. The van der Waals surface area contributed by atoms with Crippen molar-refractivity contribution in [3.05, 3.63) is 71.3 Å². The van der Waals surface area contributed by atoms with Crippen molar-refractivity contribution in [3.8, 4) is 5.82 Å². The van der Waals surface area contributed by atoms with Crippen LogP contribution in [-0.2, 0) is 11.2 Å². The molecule has 0 spiro atoms. The van der Waals surface area contributed by atoms with Crippen LogP contribution < -0.4 is 5.32 Å². The molecule has 0 unspecified atom stereocenters. The number of anilines is 1. The van der Waals surface area contributed by atoms with Crippen LogP contribution in [0.1, 0.15) is 4.88 Å². The molecule has 0 aliphatic carbocycles. The molecule has 24 heavy (non-hydrogen) atoms. The highest BCUT2D eigenvalue weighted by atomic mass is 32.1. The molecule has 4 rings (SSSR count). The van der Waals surface area contributed by atoms with Crippen molar-refractivity contribution in [3.63, 3.8) is 0 Å². The van der Waals surface area contributed by atoms with Crippen LogP contribution >= 0.6 is 11.3 Å². The van der Waals surface area contributed by atoms with E-state index >= 15 is 0 Å². The van der Waals surface area contributed by atoms with Gasteiger partial charge >= 0.3 is 0 Å². The van der Waals surface area contributed by atoms with E-state index in [-0.39, 0.29) is 5.91 Å². The molecule has 0 aliphatic rings. The van der Waals surface area contributed by atoms with Crippen LogP contribution in [-0.4, -0.2) is 20.4 Å². The van der Waals surface area contributed by atoms with E-state index in [9.17, 15) is 4.79 Å². The van der Waals surface area contributed by atoms with E-state index in [1.165, 1.54) is 0 Å². The first-order valence-electron chi connectivity index (χ1n) is 7.50. The standard InChI is InChI=1S/C18H14N4OS/c23-18(10-14-4-3-9-24-14)21-13-7-8-17(19-11-13)22-12-20-15-5-1-2-6-16(15)22/h1-9,11-12H,10H2,(H,21,23). The van der Waals surface area contributed by atoms with Crippen LogP contribution in [0.5, 0.6) is 0 Å². The highest BCUT2D eigenvalue weighted by molar-refractivity contribution is 7.10. The van der Waals surface area contributed by atoms with Crippen LogP contribution in [0.2, 0.25) is 0 Å². The number of rotatable bonds is 4. The lowest BCUT2D eigenvalue weighted by Crippen LogP contribution is -2.14. The third kappa shape index (κ3) is 2.91. The summed E-state index contributed by atoms with van der Waals surface area (Å²) in [5.41, 5.74) is 2.61. The Morgan fingerprint density at radius 3 is 2.79 bits per heavy atom. The van der Waals surface area contributed by atoms with Crippen molar-refractivity contribution in [2.75, 3.05) is 5.32 Å². The molecular formula is C18H14N4OS. The normalized spacial score (nSPS) is 10.8. The largest absolute Gasteiger partial charge is 0.324 e. The molecule has 118 valence electrons. The molecule has 0 bridgehead atoms. The van der Waals surface area contributed by atoms with Gasteiger partial charge in [-0.2, -0.15) is 0 Å². The molecule has 1 aromatic carbocycles. The second kappa shape index (κ2) is 6.25. The molecule has 1 N–H and O–H groups in total. The van der Waals surface area contributed by atoms with E-state index < -0.39 is 0 Å². The van der Waals surface area contributed by atoms with Crippen molar-refractivity contribution in [1.29, 1.82) is 0 Å². The Kier molecular flexibility index (Phi) is 3.80. The summed E-state index contributed by atoms with van der Waals surface area (Å²) in [6, 6.07) is 15.5. The first-order chi connectivity index (χ1) is 11.8. The summed E-state index contributed by atoms with van der Waals surface area (Å²) in [4.78, 5) is 21.9. The summed E-state index contributed by atoms with van der Waals surface area (Å²) in [6.45, 7) is 0. The minimum atomic E-state index is -0.0416. The Balaban J connectivity index is 1.51. The van der Waals surface area contributed by atoms with Gasteiger partial charge in [-0.15, -0.1) is 11.3 Å². The minimum Gasteiger partial charge on any atom is -0.324 e. The van der Waals surface area contributed by atoms with Gasteiger partial charge in [-0.25, -0.2) is 9.97 Å². The summed E-state index contributed by atoms with van der Waals surface area (Å²) in [5.74, 6) is 0.722. The fourth-order valence-corrected chi connectivity index (χ4v) is 3.22. The molecule has 5 nitrogen and oxygen atoms in total. The average molecular weight is 334 g/mol. The zero-order chi connectivity index (χ0) is 16.4. The van der Waals surface area contributed by atoms with Crippen LogP contribution in [0.3, 0.4) is 0 Å².